The summed E-state index contributed by atoms with van der Waals surface area (Å²) in [4.78, 5) is 13.9. The minimum atomic E-state index is -0.227. The van der Waals surface area contributed by atoms with Crippen LogP contribution in [0.2, 0.25) is 0 Å². The maximum Gasteiger partial charge on any atom is 0.239 e. The number of hydrogen-bond donors (Lipinski definition) is 2. The third kappa shape index (κ3) is 3.94. The lowest BCUT2D eigenvalue weighted by molar-refractivity contribution is -0.126. The first-order valence-electron chi connectivity index (χ1n) is 6.52. The molecule has 1 aromatic rings. The predicted molar refractivity (Wildman–Crippen MR) is 75.2 cm³/mol. The molecule has 2 rings (SSSR count). The normalized spacial score (nSPS) is 18.9. The summed E-state index contributed by atoms with van der Waals surface area (Å²) in [6.45, 7) is 2.40. The summed E-state index contributed by atoms with van der Waals surface area (Å²) in [6.07, 6.45) is 0. The molecule has 5 nitrogen and oxygen atoms in total. The second-order valence-electron chi connectivity index (χ2n) is 4.86. The van der Waals surface area contributed by atoms with Gasteiger partial charge >= 0.3 is 0 Å². The Labute approximate surface area is 113 Å². The Hall–Kier alpha value is -1.59. The highest BCUT2D eigenvalue weighted by Crippen LogP contribution is 2.11. The van der Waals surface area contributed by atoms with E-state index in [0.29, 0.717) is 19.8 Å². The van der Waals surface area contributed by atoms with Crippen molar-refractivity contribution in [2.75, 3.05) is 38.8 Å². The van der Waals surface area contributed by atoms with Gasteiger partial charge in [-0.25, -0.2) is 0 Å². The van der Waals surface area contributed by atoms with Crippen LogP contribution in [0.5, 0.6) is 0 Å². The number of nitrogens with zero attached hydrogens (tertiary/aromatic N) is 1. The van der Waals surface area contributed by atoms with Gasteiger partial charge in [0.15, 0.2) is 0 Å². The number of ether oxygens (including phenoxy) is 1. The van der Waals surface area contributed by atoms with Gasteiger partial charge in [0.25, 0.3) is 0 Å². The summed E-state index contributed by atoms with van der Waals surface area (Å²) in [5.74, 6) is -0.00335. The lowest BCUT2D eigenvalue weighted by Gasteiger charge is -2.23. The van der Waals surface area contributed by atoms with E-state index in [0.717, 1.165) is 17.8 Å². The van der Waals surface area contributed by atoms with Crippen LogP contribution in [-0.4, -0.2) is 45.8 Å². The lowest BCUT2D eigenvalue weighted by Crippen LogP contribution is -2.51. The van der Waals surface area contributed by atoms with Crippen molar-refractivity contribution >= 4 is 11.6 Å². The molecule has 1 saturated heterocycles. The fourth-order valence-electron chi connectivity index (χ4n) is 1.96. The summed E-state index contributed by atoms with van der Waals surface area (Å²) >= 11 is 0. The molecule has 104 valence electrons. The summed E-state index contributed by atoms with van der Waals surface area (Å²) in [5, 5.41) is 6.06. The number of nitrogens with one attached hydrogen (secondary N) is 2. The van der Waals surface area contributed by atoms with E-state index in [1.54, 1.807) is 0 Å². The van der Waals surface area contributed by atoms with Crippen molar-refractivity contribution < 1.29 is 9.53 Å². The van der Waals surface area contributed by atoms with Gasteiger partial charge in [0.1, 0.15) is 6.04 Å². The van der Waals surface area contributed by atoms with Crippen LogP contribution in [0.25, 0.3) is 0 Å². The zero-order chi connectivity index (χ0) is 13.7. The number of carbonyl (C=O) groups is 1. The van der Waals surface area contributed by atoms with Crippen molar-refractivity contribution in [3.63, 3.8) is 0 Å². The molecule has 1 fully saturated rings. The first-order chi connectivity index (χ1) is 9.16. The van der Waals surface area contributed by atoms with E-state index in [-0.39, 0.29) is 11.9 Å². The Morgan fingerprint density at radius 2 is 2.16 bits per heavy atom. The van der Waals surface area contributed by atoms with E-state index in [2.05, 4.69) is 10.6 Å². The molecule has 1 aromatic carbocycles. The second-order valence-corrected chi connectivity index (χ2v) is 4.86. The number of morpholine rings is 1. The Bertz CT molecular complexity index is 411. The maximum absolute atomic E-state index is 11.9. The quantitative estimate of drug-likeness (QED) is 0.823. The number of rotatable bonds is 4. The SMILES string of the molecule is CN(C)c1ccc(CNC(=O)C2COCCN2)cc1. The molecule has 1 amide bonds. The minimum Gasteiger partial charge on any atom is -0.378 e. The van der Waals surface area contributed by atoms with Gasteiger partial charge in [0.05, 0.1) is 13.2 Å². The molecule has 0 aliphatic carbocycles. The van der Waals surface area contributed by atoms with Crippen LogP contribution in [0, 0.1) is 0 Å². The first kappa shape index (κ1) is 13.8. The predicted octanol–water partition coefficient (Wildman–Crippen LogP) is 0.357. The van der Waals surface area contributed by atoms with Gasteiger partial charge in [0, 0.05) is 32.9 Å². The molecular formula is C14H21N3O2. The average Bonchev–Trinajstić information content (AvgIpc) is 2.46. The molecule has 0 aromatic heterocycles. The summed E-state index contributed by atoms with van der Waals surface area (Å²) in [6, 6.07) is 7.92. The zero-order valence-electron chi connectivity index (χ0n) is 11.5. The number of amides is 1. The van der Waals surface area contributed by atoms with E-state index >= 15 is 0 Å². The first-order valence-corrected chi connectivity index (χ1v) is 6.52. The molecule has 19 heavy (non-hydrogen) atoms. The van der Waals surface area contributed by atoms with Gasteiger partial charge in [-0.1, -0.05) is 12.1 Å². The monoisotopic (exact) mass is 263 g/mol. The molecule has 1 aliphatic heterocycles. The topological polar surface area (TPSA) is 53.6 Å². The highest BCUT2D eigenvalue weighted by atomic mass is 16.5. The Kier molecular flexibility index (Phi) is 4.76. The summed E-state index contributed by atoms with van der Waals surface area (Å²) in [7, 11) is 4.01. The maximum atomic E-state index is 11.9. The van der Waals surface area contributed by atoms with Gasteiger partial charge < -0.3 is 20.3 Å². The van der Waals surface area contributed by atoms with Gasteiger partial charge in [-0.05, 0) is 17.7 Å². The molecule has 5 heteroatoms. The van der Waals surface area contributed by atoms with Crippen LogP contribution in [0.3, 0.4) is 0 Å². The Balaban J connectivity index is 1.82. The second kappa shape index (κ2) is 6.54. The van der Waals surface area contributed by atoms with Gasteiger partial charge in [-0.15, -0.1) is 0 Å². The molecule has 1 unspecified atom stereocenters. The van der Waals surface area contributed by atoms with E-state index < -0.39 is 0 Å². The van der Waals surface area contributed by atoms with Crippen LogP contribution in [0.1, 0.15) is 5.56 Å². The van der Waals surface area contributed by atoms with Gasteiger partial charge in [-0.2, -0.15) is 0 Å². The van der Waals surface area contributed by atoms with Crippen LogP contribution in [-0.2, 0) is 16.1 Å². The number of carbonyl (C=O) groups excluding carboxylic acids is 1. The fourth-order valence-corrected chi connectivity index (χ4v) is 1.96. The van der Waals surface area contributed by atoms with Crippen molar-refractivity contribution in [2.45, 2.75) is 12.6 Å². The van der Waals surface area contributed by atoms with Crippen LogP contribution in [0.4, 0.5) is 5.69 Å². The molecule has 1 atom stereocenters. The molecule has 0 spiro atoms. The molecule has 2 N–H and O–H groups in total. The summed E-state index contributed by atoms with van der Waals surface area (Å²) < 4.78 is 5.27. The smallest absolute Gasteiger partial charge is 0.239 e. The van der Waals surface area contributed by atoms with Crippen molar-refractivity contribution in [3.05, 3.63) is 29.8 Å². The largest absolute Gasteiger partial charge is 0.378 e. The average molecular weight is 263 g/mol. The minimum absolute atomic E-state index is 0.00335. The third-order valence-electron chi connectivity index (χ3n) is 3.16. The standard InChI is InChI=1S/C14H21N3O2/c1-17(2)12-5-3-11(4-6-12)9-16-14(18)13-10-19-8-7-15-13/h3-6,13,15H,7-10H2,1-2H3,(H,16,18). The molecule has 0 radical (unpaired) electrons. The van der Waals surface area contributed by atoms with E-state index in [1.807, 2.05) is 43.3 Å². The van der Waals surface area contributed by atoms with Crippen molar-refractivity contribution in [2.24, 2.45) is 0 Å². The Morgan fingerprint density at radius 3 is 2.74 bits per heavy atom. The van der Waals surface area contributed by atoms with E-state index in [9.17, 15) is 4.79 Å². The van der Waals surface area contributed by atoms with Crippen LogP contribution >= 0.6 is 0 Å². The Morgan fingerprint density at radius 1 is 1.42 bits per heavy atom. The molecular weight excluding hydrogens is 242 g/mol. The highest BCUT2D eigenvalue weighted by molar-refractivity contribution is 5.81. The van der Waals surface area contributed by atoms with Crippen LogP contribution < -0.4 is 15.5 Å². The van der Waals surface area contributed by atoms with E-state index in [4.69, 9.17) is 4.74 Å². The molecule has 0 saturated carbocycles. The van der Waals surface area contributed by atoms with Gasteiger partial charge in [0.2, 0.25) is 5.91 Å². The summed E-state index contributed by atoms with van der Waals surface area (Å²) in [5.41, 5.74) is 2.24. The van der Waals surface area contributed by atoms with Crippen molar-refractivity contribution in [1.29, 1.82) is 0 Å². The zero-order valence-corrected chi connectivity index (χ0v) is 11.5. The van der Waals surface area contributed by atoms with Gasteiger partial charge in [-0.3, -0.25) is 4.79 Å². The highest BCUT2D eigenvalue weighted by Gasteiger charge is 2.20. The number of benzene rings is 1. The number of anilines is 1. The lowest BCUT2D eigenvalue weighted by atomic mass is 10.2. The fraction of sp³-hybridized carbons (Fsp3) is 0.500. The molecule has 1 aliphatic rings. The van der Waals surface area contributed by atoms with Crippen LogP contribution in [0.15, 0.2) is 24.3 Å². The van der Waals surface area contributed by atoms with E-state index in [1.165, 1.54) is 0 Å². The molecule has 1 heterocycles. The molecule has 0 bridgehead atoms. The third-order valence-corrected chi connectivity index (χ3v) is 3.16. The number of hydrogen-bond acceptors (Lipinski definition) is 4. The van der Waals surface area contributed by atoms with Crippen molar-refractivity contribution in [3.8, 4) is 0 Å². The van der Waals surface area contributed by atoms with Crippen molar-refractivity contribution in [1.82, 2.24) is 10.6 Å².